The van der Waals surface area contributed by atoms with Crippen molar-refractivity contribution in [2.75, 3.05) is 13.1 Å². The molecule has 3 fully saturated rings. The van der Waals surface area contributed by atoms with E-state index < -0.39 is 0 Å². The summed E-state index contributed by atoms with van der Waals surface area (Å²) in [7, 11) is 0. The van der Waals surface area contributed by atoms with E-state index in [9.17, 15) is 9.18 Å². The average molecular weight is 403 g/mol. The number of nitrogens with zero attached hydrogens (tertiary/aromatic N) is 2. The van der Waals surface area contributed by atoms with E-state index in [1.54, 1.807) is 6.92 Å². The first-order valence-electron chi connectivity index (χ1n) is 8.54. The summed E-state index contributed by atoms with van der Waals surface area (Å²) in [5.74, 6) is 0.387. The molecule has 3 aliphatic rings. The van der Waals surface area contributed by atoms with Crippen LogP contribution in [0.4, 0.5) is 4.39 Å². The number of halogens is 2. The third-order valence-electron chi connectivity index (χ3n) is 5.47. The van der Waals surface area contributed by atoms with Gasteiger partial charge in [-0.1, -0.05) is 40.2 Å². The molecule has 3 atom stereocenters. The van der Waals surface area contributed by atoms with Crippen molar-refractivity contribution < 1.29 is 9.18 Å². The molecule has 0 N–H and O–H groups in total. The smallest absolute Gasteiger partial charge is 0.219 e. The zero-order valence-electron chi connectivity index (χ0n) is 14.0. The first kappa shape index (κ1) is 16.7. The van der Waals surface area contributed by atoms with Crippen LogP contribution in [0.2, 0.25) is 0 Å². The van der Waals surface area contributed by atoms with Gasteiger partial charge < -0.3 is 4.90 Å². The first-order valence-corrected chi connectivity index (χ1v) is 9.33. The minimum Gasteiger partial charge on any atom is -0.340 e. The van der Waals surface area contributed by atoms with E-state index in [0.29, 0.717) is 18.0 Å². The van der Waals surface area contributed by atoms with Gasteiger partial charge in [-0.2, -0.15) is 0 Å². The molecule has 3 heterocycles. The molecular formula is C20H20BrFN2O. The first-order chi connectivity index (χ1) is 12.0. The van der Waals surface area contributed by atoms with Crippen LogP contribution in [-0.4, -0.2) is 40.9 Å². The minimum absolute atomic E-state index is 0.144. The van der Waals surface area contributed by atoms with Crippen LogP contribution in [0.1, 0.15) is 24.0 Å². The monoisotopic (exact) mass is 402 g/mol. The molecule has 0 spiro atoms. The average Bonchev–Trinajstić information content (AvgIpc) is 2.62. The Labute approximate surface area is 155 Å². The van der Waals surface area contributed by atoms with E-state index in [-0.39, 0.29) is 11.7 Å². The van der Waals surface area contributed by atoms with Gasteiger partial charge >= 0.3 is 0 Å². The van der Waals surface area contributed by atoms with Crippen molar-refractivity contribution in [3.05, 3.63) is 69.9 Å². The summed E-state index contributed by atoms with van der Waals surface area (Å²) in [5, 5.41) is 0. The fourth-order valence-electron chi connectivity index (χ4n) is 4.20. The van der Waals surface area contributed by atoms with Crippen molar-refractivity contribution in [1.82, 2.24) is 9.80 Å². The molecule has 0 radical (unpaired) electrons. The summed E-state index contributed by atoms with van der Waals surface area (Å²) in [6.07, 6.45) is 0. The lowest BCUT2D eigenvalue weighted by atomic mass is 9.71. The van der Waals surface area contributed by atoms with Gasteiger partial charge in [0.25, 0.3) is 0 Å². The number of carbonyl (C=O) groups is 1. The van der Waals surface area contributed by atoms with Gasteiger partial charge in [0.15, 0.2) is 0 Å². The van der Waals surface area contributed by atoms with Crippen LogP contribution < -0.4 is 0 Å². The van der Waals surface area contributed by atoms with Crippen LogP contribution in [0.3, 0.4) is 0 Å². The molecule has 25 heavy (non-hydrogen) atoms. The van der Waals surface area contributed by atoms with Crippen molar-refractivity contribution in [1.29, 1.82) is 0 Å². The fourth-order valence-corrected chi connectivity index (χ4v) is 4.46. The molecule has 2 aromatic carbocycles. The number of carbonyl (C=O) groups excluding carboxylic acids is 1. The molecule has 3 saturated heterocycles. The van der Waals surface area contributed by atoms with E-state index >= 15 is 0 Å². The Morgan fingerprint density at radius 3 is 2.24 bits per heavy atom. The molecule has 130 valence electrons. The highest BCUT2D eigenvalue weighted by Crippen LogP contribution is 2.45. The van der Waals surface area contributed by atoms with Crippen LogP contribution in [0.5, 0.6) is 0 Å². The van der Waals surface area contributed by atoms with E-state index in [1.807, 2.05) is 17.0 Å². The largest absolute Gasteiger partial charge is 0.340 e. The quantitative estimate of drug-likeness (QED) is 0.779. The number of rotatable bonds is 3. The maximum atomic E-state index is 13.1. The molecule has 3 nitrogen and oxygen atoms in total. The summed E-state index contributed by atoms with van der Waals surface area (Å²) in [5.41, 5.74) is 2.44. The van der Waals surface area contributed by atoms with Crippen molar-refractivity contribution in [3.8, 4) is 0 Å². The van der Waals surface area contributed by atoms with Gasteiger partial charge in [-0.15, -0.1) is 0 Å². The van der Waals surface area contributed by atoms with Gasteiger partial charge in [0.2, 0.25) is 5.91 Å². The van der Waals surface area contributed by atoms with Gasteiger partial charge in [-0.3, -0.25) is 9.69 Å². The summed E-state index contributed by atoms with van der Waals surface area (Å²) in [4.78, 5) is 16.2. The molecule has 5 rings (SSSR count). The standard InChI is InChI=1S/C20H20BrFN2O/c1-13(25)23-11-18-20(15-4-6-16(21)7-5-15)19(12-23)24(18)10-14-2-8-17(22)9-3-14/h2-9,18-20H,10-12H2,1H3/t18-,19+,20?. The lowest BCUT2D eigenvalue weighted by Crippen LogP contribution is -2.73. The van der Waals surface area contributed by atoms with Crippen molar-refractivity contribution >= 4 is 21.8 Å². The van der Waals surface area contributed by atoms with E-state index in [2.05, 4.69) is 45.1 Å². The predicted octanol–water partition coefficient (Wildman–Crippen LogP) is 3.79. The summed E-state index contributed by atoms with van der Waals surface area (Å²) in [6.45, 7) is 3.96. The second-order valence-electron chi connectivity index (χ2n) is 6.93. The summed E-state index contributed by atoms with van der Waals surface area (Å²) < 4.78 is 14.2. The SMILES string of the molecule is CC(=O)N1C[C@@H]2C(c3ccc(Br)cc3)[C@H](C1)N2Cc1ccc(F)cc1. The van der Waals surface area contributed by atoms with E-state index in [4.69, 9.17) is 0 Å². The zero-order chi connectivity index (χ0) is 17.6. The van der Waals surface area contributed by atoms with Crippen molar-refractivity contribution in [3.63, 3.8) is 0 Å². The van der Waals surface area contributed by atoms with Gasteiger partial charge in [0.1, 0.15) is 5.82 Å². The normalized spacial score (nSPS) is 25.6. The molecule has 0 aromatic heterocycles. The molecule has 3 aliphatic heterocycles. The van der Waals surface area contributed by atoms with Gasteiger partial charge in [0.05, 0.1) is 0 Å². The highest BCUT2D eigenvalue weighted by atomic mass is 79.9. The maximum Gasteiger partial charge on any atom is 0.219 e. The number of hydrogen-bond acceptors (Lipinski definition) is 2. The van der Waals surface area contributed by atoms with Gasteiger partial charge in [-0.05, 0) is 35.4 Å². The summed E-state index contributed by atoms with van der Waals surface area (Å²) in [6, 6.07) is 15.9. The van der Waals surface area contributed by atoms with Gasteiger partial charge in [0, 0.05) is 49.0 Å². The lowest BCUT2D eigenvalue weighted by molar-refractivity contribution is -0.146. The Bertz CT molecular complexity index is 763. The predicted molar refractivity (Wildman–Crippen MR) is 98.7 cm³/mol. The highest BCUT2D eigenvalue weighted by molar-refractivity contribution is 9.10. The molecule has 1 unspecified atom stereocenters. The number of piperazine rings is 1. The second kappa shape index (κ2) is 6.54. The highest BCUT2D eigenvalue weighted by Gasteiger charge is 2.53. The molecule has 0 saturated carbocycles. The summed E-state index contributed by atoms with van der Waals surface area (Å²) >= 11 is 3.49. The Morgan fingerprint density at radius 1 is 1.08 bits per heavy atom. The number of fused-ring (bicyclic) bond motifs is 2. The minimum atomic E-state index is -0.206. The molecular weight excluding hydrogens is 383 g/mol. The molecule has 1 amide bonds. The van der Waals surface area contributed by atoms with E-state index in [1.165, 1.54) is 17.7 Å². The van der Waals surface area contributed by atoms with Crippen LogP contribution in [0.25, 0.3) is 0 Å². The number of piperidine rings is 1. The lowest BCUT2D eigenvalue weighted by Gasteiger charge is -2.62. The Hall–Kier alpha value is -1.72. The van der Waals surface area contributed by atoms with Crippen LogP contribution in [0, 0.1) is 5.82 Å². The zero-order valence-corrected chi connectivity index (χ0v) is 15.6. The van der Waals surface area contributed by atoms with Crippen LogP contribution >= 0.6 is 15.9 Å². The van der Waals surface area contributed by atoms with Crippen molar-refractivity contribution in [2.45, 2.75) is 31.5 Å². The molecule has 0 aliphatic carbocycles. The number of benzene rings is 2. The third-order valence-corrected chi connectivity index (χ3v) is 6.00. The maximum absolute atomic E-state index is 13.1. The number of hydrogen-bond donors (Lipinski definition) is 0. The topological polar surface area (TPSA) is 23.6 Å². The van der Waals surface area contributed by atoms with Gasteiger partial charge in [-0.25, -0.2) is 4.39 Å². The number of amides is 1. The Morgan fingerprint density at radius 2 is 1.68 bits per heavy atom. The van der Waals surface area contributed by atoms with E-state index in [0.717, 1.165) is 29.7 Å². The van der Waals surface area contributed by atoms with Crippen molar-refractivity contribution in [2.24, 2.45) is 0 Å². The second-order valence-corrected chi connectivity index (χ2v) is 7.85. The molecule has 2 bridgehead atoms. The van der Waals surface area contributed by atoms with Crippen LogP contribution in [-0.2, 0) is 11.3 Å². The Kier molecular flexibility index (Phi) is 4.38. The Balaban J connectivity index is 1.56. The molecule has 2 aromatic rings. The third kappa shape index (κ3) is 3.11. The fraction of sp³-hybridized carbons (Fsp3) is 0.350. The molecule has 5 heteroatoms. The van der Waals surface area contributed by atoms with Crippen LogP contribution in [0.15, 0.2) is 53.0 Å².